The Balaban J connectivity index is 2.73. The van der Waals surface area contributed by atoms with Gasteiger partial charge in [-0.25, -0.2) is 13.1 Å². The second kappa shape index (κ2) is 5.94. The van der Waals surface area contributed by atoms with Gasteiger partial charge in [0, 0.05) is 6.54 Å². The van der Waals surface area contributed by atoms with Crippen molar-refractivity contribution in [1.29, 1.82) is 0 Å². The summed E-state index contributed by atoms with van der Waals surface area (Å²) >= 11 is 0. The van der Waals surface area contributed by atoms with Gasteiger partial charge >= 0.3 is 0 Å². The van der Waals surface area contributed by atoms with Crippen molar-refractivity contribution < 1.29 is 13.2 Å². The highest BCUT2D eigenvalue weighted by atomic mass is 32.2. The molecule has 0 unspecified atom stereocenters. The third kappa shape index (κ3) is 4.44. The van der Waals surface area contributed by atoms with Gasteiger partial charge in [-0.15, -0.1) is 0 Å². The van der Waals surface area contributed by atoms with Crippen LogP contribution in [0.5, 0.6) is 0 Å². The van der Waals surface area contributed by atoms with Crippen LogP contribution in [-0.2, 0) is 27.1 Å². The smallest absolute Gasteiger partial charge is 0.235 e. The highest BCUT2D eigenvalue weighted by Crippen LogP contribution is 2.07. The Morgan fingerprint density at radius 3 is 2.22 bits per heavy atom. The molecule has 1 amide bonds. The molecule has 0 saturated carbocycles. The third-order valence-electron chi connectivity index (χ3n) is 2.40. The molecule has 0 aromatic heterocycles. The molecule has 0 bridgehead atoms. The van der Waals surface area contributed by atoms with E-state index in [1.54, 1.807) is 24.3 Å². The molecule has 0 fully saturated rings. The van der Waals surface area contributed by atoms with E-state index in [0.717, 1.165) is 5.56 Å². The summed E-state index contributed by atoms with van der Waals surface area (Å²) in [6, 6.07) is 6.00. The highest BCUT2D eigenvalue weighted by molar-refractivity contribution is 7.88. The Kier molecular flexibility index (Phi) is 4.83. The number of sulfonamides is 1. The van der Waals surface area contributed by atoms with Gasteiger partial charge < -0.3 is 11.5 Å². The summed E-state index contributed by atoms with van der Waals surface area (Å²) in [5.74, 6) is -0.910. The lowest BCUT2D eigenvalue weighted by atomic mass is 10.1. The first kappa shape index (κ1) is 14.6. The summed E-state index contributed by atoms with van der Waals surface area (Å²) in [4.78, 5) is 10.8. The average Bonchev–Trinajstić information content (AvgIpc) is 2.28. The van der Waals surface area contributed by atoms with Crippen LogP contribution in [0.15, 0.2) is 24.3 Å². The summed E-state index contributed by atoms with van der Waals surface area (Å²) in [5.41, 5.74) is 12.0. The monoisotopic (exact) mass is 271 g/mol. The second-order valence-corrected chi connectivity index (χ2v) is 5.78. The summed E-state index contributed by atoms with van der Waals surface area (Å²) < 4.78 is 25.7. The number of rotatable bonds is 6. The number of carbonyl (C=O) groups excluding carboxylic acids is 1. The number of amides is 1. The van der Waals surface area contributed by atoms with Crippen LogP contribution >= 0.6 is 0 Å². The zero-order valence-electron chi connectivity index (χ0n) is 10.1. The van der Waals surface area contributed by atoms with E-state index >= 15 is 0 Å². The molecule has 5 N–H and O–H groups in total. The molecule has 7 heteroatoms. The number of hydrogen-bond donors (Lipinski definition) is 3. The van der Waals surface area contributed by atoms with Crippen LogP contribution in [0.4, 0.5) is 0 Å². The van der Waals surface area contributed by atoms with Crippen LogP contribution in [0.1, 0.15) is 18.1 Å². The fourth-order valence-electron chi connectivity index (χ4n) is 1.36. The van der Waals surface area contributed by atoms with Gasteiger partial charge in [-0.1, -0.05) is 24.3 Å². The van der Waals surface area contributed by atoms with E-state index in [9.17, 15) is 13.2 Å². The first-order valence-electron chi connectivity index (χ1n) is 5.41. The Morgan fingerprint density at radius 2 is 1.78 bits per heavy atom. The normalized spacial score (nSPS) is 13.2. The van der Waals surface area contributed by atoms with E-state index in [2.05, 4.69) is 4.72 Å². The standard InChI is InChI=1S/C11H17N3O3S/c1-8(11(13)15)14-18(16,17)7-10-4-2-9(6-12)3-5-10/h2-5,8,14H,6-7,12H2,1H3,(H2,13,15)/t8-/m0/s1. The molecule has 1 rings (SSSR count). The van der Waals surface area contributed by atoms with Gasteiger partial charge in [-0.05, 0) is 18.1 Å². The lowest BCUT2D eigenvalue weighted by Gasteiger charge is -2.11. The number of primary amides is 1. The van der Waals surface area contributed by atoms with E-state index in [1.165, 1.54) is 6.92 Å². The van der Waals surface area contributed by atoms with Gasteiger partial charge in [-0.3, -0.25) is 4.79 Å². The van der Waals surface area contributed by atoms with Gasteiger partial charge in [0.05, 0.1) is 11.8 Å². The molecule has 100 valence electrons. The Morgan fingerprint density at radius 1 is 1.28 bits per heavy atom. The molecular formula is C11H17N3O3S. The Hall–Kier alpha value is -1.44. The van der Waals surface area contributed by atoms with Gasteiger partial charge in [0.15, 0.2) is 0 Å². The Labute approximate surface area is 106 Å². The first-order valence-corrected chi connectivity index (χ1v) is 7.06. The highest BCUT2D eigenvalue weighted by Gasteiger charge is 2.18. The van der Waals surface area contributed by atoms with Crippen molar-refractivity contribution in [3.05, 3.63) is 35.4 Å². The number of nitrogens with one attached hydrogen (secondary N) is 1. The SMILES string of the molecule is C[C@H](NS(=O)(=O)Cc1ccc(CN)cc1)C(N)=O. The van der Waals surface area contributed by atoms with Crippen molar-refractivity contribution in [1.82, 2.24) is 4.72 Å². The summed E-state index contributed by atoms with van der Waals surface area (Å²) in [6.45, 7) is 1.81. The van der Waals surface area contributed by atoms with E-state index in [1.807, 2.05) is 0 Å². The zero-order valence-corrected chi connectivity index (χ0v) is 10.9. The van der Waals surface area contributed by atoms with Crippen molar-refractivity contribution in [2.24, 2.45) is 11.5 Å². The second-order valence-electron chi connectivity index (χ2n) is 4.02. The topological polar surface area (TPSA) is 115 Å². The van der Waals surface area contributed by atoms with Crippen molar-refractivity contribution >= 4 is 15.9 Å². The number of benzene rings is 1. The predicted octanol–water partition coefficient (Wildman–Crippen LogP) is -0.561. The van der Waals surface area contributed by atoms with Gasteiger partial charge in [-0.2, -0.15) is 0 Å². The van der Waals surface area contributed by atoms with Crippen molar-refractivity contribution in [3.8, 4) is 0 Å². The van der Waals surface area contributed by atoms with Gasteiger partial charge in [0.1, 0.15) is 0 Å². The summed E-state index contributed by atoms with van der Waals surface area (Å²) in [6.07, 6.45) is 0. The van der Waals surface area contributed by atoms with Gasteiger partial charge in [0.25, 0.3) is 0 Å². The molecule has 0 aliphatic rings. The molecule has 0 heterocycles. The summed E-state index contributed by atoms with van der Waals surface area (Å²) in [7, 11) is -3.58. The minimum Gasteiger partial charge on any atom is -0.368 e. The van der Waals surface area contributed by atoms with E-state index in [4.69, 9.17) is 11.5 Å². The van der Waals surface area contributed by atoms with Crippen molar-refractivity contribution in [2.45, 2.75) is 25.3 Å². The fourth-order valence-corrected chi connectivity index (χ4v) is 2.73. The zero-order chi connectivity index (χ0) is 13.8. The van der Waals surface area contributed by atoms with Gasteiger partial charge in [0.2, 0.25) is 15.9 Å². The molecular weight excluding hydrogens is 254 g/mol. The quantitative estimate of drug-likeness (QED) is 0.643. The lowest BCUT2D eigenvalue weighted by molar-refractivity contribution is -0.119. The molecule has 6 nitrogen and oxygen atoms in total. The van der Waals surface area contributed by atoms with E-state index in [-0.39, 0.29) is 5.75 Å². The molecule has 1 aromatic carbocycles. The largest absolute Gasteiger partial charge is 0.368 e. The van der Waals surface area contributed by atoms with Crippen LogP contribution in [0, 0.1) is 0 Å². The number of carbonyl (C=O) groups is 1. The maximum absolute atomic E-state index is 11.7. The Bertz CT molecular complexity index is 511. The first-order chi connectivity index (χ1) is 8.34. The molecule has 0 aliphatic carbocycles. The molecule has 0 radical (unpaired) electrons. The predicted molar refractivity (Wildman–Crippen MR) is 68.7 cm³/mol. The molecule has 0 aliphatic heterocycles. The van der Waals surface area contributed by atoms with Crippen LogP contribution in [0.3, 0.4) is 0 Å². The third-order valence-corrected chi connectivity index (χ3v) is 3.82. The van der Waals surface area contributed by atoms with Crippen molar-refractivity contribution in [2.75, 3.05) is 0 Å². The van der Waals surface area contributed by atoms with Crippen LogP contribution in [-0.4, -0.2) is 20.4 Å². The van der Waals surface area contributed by atoms with Crippen LogP contribution in [0.2, 0.25) is 0 Å². The minimum atomic E-state index is -3.58. The number of hydrogen-bond acceptors (Lipinski definition) is 4. The number of nitrogens with two attached hydrogens (primary N) is 2. The molecule has 1 atom stereocenters. The van der Waals surface area contributed by atoms with Crippen molar-refractivity contribution in [3.63, 3.8) is 0 Å². The van der Waals surface area contributed by atoms with E-state index < -0.39 is 22.0 Å². The molecule has 0 saturated heterocycles. The maximum Gasteiger partial charge on any atom is 0.235 e. The molecule has 18 heavy (non-hydrogen) atoms. The van der Waals surface area contributed by atoms with E-state index in [0.29, 0.717) is 12.1 Å². The average molecular weight is 271 g/mol. The fraction of sp³-hybridized carbons (Fsp3) is 0.364. The summed E-state index contributed by atoms with van der Waals surface area (Å²) in [5, 5.41) is 0. The van der Waals surface area contributed by atoms with Crippen LogP contribution in [0.25, 0.3) is 0 Å². The molecule has 1 aromatic rings. The molecule has 0 spiro atoms. The van der Waals surface area contributed by atoms with Crippen LogP contribution < -0.4 is 16.2 Å². The lowest BCUT2D eigenvalue weighted by Crippen LogP contribution is -2.42. The minimum absolute atomic E-state index is 0.199. The maximum atomic E-state index is 11.7.